The molecule has 0 saturated heterocycles. The van der Waals surface area contributed by atoms with Crippen LogP contribution in [-0.4, -0.2) is 35.0 Å². The van der Waals surface area contributed by atoms with Crippen molar-refractivity contribution in [1.29, 1.82) is 0 Å². The highest BCUT2D eigenvalue weighted by molar-refractivity contribution is 5.85. The highest BCUT2D eigenvalue weighted by Crippen LogP contribution is 2.30. The number of carboxylic acid groups (broad SMARTS) is 1. The molecule has 3 aromatic carbocycles. The van der Waals surface area contributed by atoms with Gasteiger partial charge in [0.15, 0.2) is 12.8 Å². The Bertz CT molecular complexity index is 1280. The van der Waals surface area contributed by atoms with Crippen LogP contribution in [0.5, 0.6) is 0 Å². The van der Waals surface area contributed by atoms with E-state index in [2.05, 4.69) is 77.5 Å². The van der Waals surface area contributed by atoms with Crippen LogP contribution in [0.4, 0.5) is 0 Å². The van der Waals surface area contributed by atoms with Crippen molar-refractivity contribution in [3.05, 3.63) is 95.1 Å². The van der Waals surface area contributed by atoms with E-state index in [-0.39, 0.29) is 6.42 Å². The monoisotopic (exact) mass is 410 g/mol. The predicted molar refractivity (Wildman–Crippen MR) is 122 cm³/mol. The van der Waals surface area contributed by atoms with Crippen molar-refractivity contribution >= 4 is 23.2 Å². The van der Waals surface area contributed by atoms with E-state index >= 15 is 0 Å². The summed E-state index contributed by atoms with van der Waals surface area (Å²) >= 11 is 0. The van der Waals surface area contributed by atoms with Crippen LogP contribution in [0.1, 0.15) is 28.7 Å². The molecule has 1 N–H and O–H groups in total. The van der Waals surface area contributed by atoms with Crippen LogP contribution in [0, 0.1) is 0 Å². The van der Waals surface area contributed by atoms with Crippen molar-refractivity contribution in [3.63, 3.8) is 0 Å². The second-order valence-corrected chi connectivity index (χ2v) is 8.12. The summed E-state index contributed by atoms with van der Waals surface area (Å²) in [7, 11) is 0. The molecule has 154 valence electrons. The summed E-state index contributed by atoms with van der Waals surface area (Å²) in [6.07, 6.45) is 4.04. The maximum absolute atomic E-state index is 10.8. The van der Waals surface area contributed by atoms with Crippen LogP contribution < -0.4 is 0 Å². The van der Waals surface area contributed by atoms with Crippen molar-refractivity contribution in [1.82, 2.24) is 0 Å². The zero-order valence-corrected chi connectivity index (χ0v) is 17.3. The van der Waals surface area contributed by atoms with Gasteiger partial charge in [-0.3, -0.25) is 4.79 Å². The van der Waals surface area contributed by atoms with E-state index in [0.717, 1.165) is 47.2 Å². The first kappa shape index (κ1) is 19.3. The predicted octanol–water partition coefficient (Wildman–Crippen LogP) is 5.15. The summed E-state index contributed by atoms with van der Waals surface area (Å²) in [6.45, 7) is 1.39. The topological polar surface area (TPSA) is 53.4 Å². The third-order valence-corrected chi connectivity index (χ3v) is 5.86. The van der Waals surface area contributed by atoms with Crippen molar-refractivity contribution in [2.24, 2.45) is 0 Å². The number of carboxylic acids is 1. The normalized spacial score (nSPS) is 13.1. The van der Waals surface area contributed by atoms with Crippen LogP contribution in [-0.2, 0) is 17.6 Å². The number of nitrogens with zero attached hydrogens (tertiary/aromatic N) is 1. The van der Waals surface area contributed by atoms with Gasteiger partial charge in [-0.05, 0) is 53.4 Å². The molecule has 4 nitrogen and oxygen atoms in total. The first-order valence-electron chi connectivity index (χ1n) is 10.6. The minimum Gasteiger partial charge on any atom is -0.481 e. The molecule has 31 heavy (non-hydrogen) atoms. The van der Waals surface area contributed by atoms with E-state index in [1.807, 2.05) is 6.07 Å². The Morgan fingerprint density at radius 1 is 0.968 bits per heavy atom. The maximum Gasteiger partial charge on any atom is 0.309 e. The van der Waals surface area contributed by atoms with Gasteiger partial charge in [0.2, 0.25) is 0 Å². The molecule has 0 amide bonds. The fourth-order valence-corrected chi connectivity index (χ4v) is 4.22. The molecule has 0 spiro atoms. The van der Waals surface area contributed by atoms with Crippen molar-refractivity contribution in [2.45, 2.75) is 19.3 Å². The lowest BCUT2D eigenvalue weighted by molar-refractivity contribution is -0.523. The second kappa shape index (κ2) is 8.23. The third-order valence-electron chi connectivity index (χ3n) is 5.86. The van der Waals surface area contributed by atoms with Crippen molar-refractivity contribution in [2.75, 3.05) is 13.1 Å². The van der Waals surface area contributed by atoms with Gasteiger partial charge in [-0.1, -0.05) is 42.5 Å². The van der Waals surface area contributed by atoms with Gasteiger partial charge >= 0.3 is 5.97 Å². The Balaban J connectivity index is 1.39. The van der Waals surface area contributed by atoms with E-state index in [1.165, 1.54) is 16.7 Å². The summed E-state index contributed by atoms with van der Waals surface area (Å²) < 4.78 is 8.24. The molecule has 0 fully saturated rings. The number of benzene rings is 3. The van der Waals surface area contributed by atoms with E-state index in [9.17, 15) is 4.79 Å². The van der Waals surface area contributed by atoms with Crippen molar-refractivity contribution < 1.29 is 18.9 Å². The smallest absolute Gasteiger partial charge is 0.309 e. The highest BCUT2D eigenvalue weighted by Gasteiger charge is 2.18. The molecule has 0 bridgehead atoms. The number of carbonyl (C=O) groups is 1. The number of hydrogen-bond acceptors (Lipinski definition) is 2. The van der Waals surface area contributed by atoms with Crippen molar-refractivity contribution in [3.8, 4) is 11.3 Å². The van der Waals surface area contributed by atoms with Gasteiger partial charge in [0.25, 0.3) is 0 Å². The fraction of sp³-hybridized carbons (Fsp3) is 0.185. The summed E-state index contributed by atoms with van der Waals surface area (Å²) in [6, 6.07) is 25.4. The number of furan rings is 1. The van der Waals surface area contributed by atoms with Crippen LogP contribution in [0.3, 0.4) is 0 Å². The number of rotatable bonds is 6. The first-order chi connectivity index (χ1) is 15.1. The molecule has 1 aliphatic heterocycles. The Morgan fingerprint density at radius 3 is 2.68 bits per heavy atom. The van der Waals surface area contributed by atoms with Gasteiger partial charge in [-0.2, -0.15) is 0 Å². The maximum atomic E-state index is 10.8. The highest BCUT2D eigenvalue weighted by atomic mass is 16.4. The number of fused-ring (bicyclic) bond motifs is 2. The summed E-state index contributed by atoms with van der Waals surface area (Å²) in [5, 5.41) is 10.0. The van der Waals surface area contributed by atoms with Gasteiger partial charge < -0.3 is 9.52 Å². The molecule has 0 radical (unpaired) electrons. The molecule has 0 aliphatic carbocycles. The van der Waals surface area contributed by atoms with Gasteiger partial charge in [0.05, 0.1) is 0 Å². The van der Waals surface area contributed by atoms with Gasteiger partial charge in [-0.25, -0.2) is 4.58 Å². The minimum absolute atomic E-state index is 0.162. The van der Waals surface area contributed by atoms with E-state index in [1.54, 1.807) is 0 Å². The zero-order valence-electron chi connectivity index (χ0n) is 17.3. The molecule has 1 aliphatic rings. The molecule has 0 saturated carbocycles. The SMILES string of the molecule is O=C(O)CC[N+]1=Cc2ccc(-c3cc4cc(Cc5ccccc5)ccc4o3)cc2CC1. The average Bonchev–Trinajstić information content (AvgIpc) is 3.21. The lowest BCUT2D eigenvalue weighted by atomic mass is 9.98. The van der Waals surface area contributed by atoms with Crippen LogP contribution in [0.2, 0.25) is 0 Å². The lowest BCUT2D eigenvalue weighted by Crippen LogP contribution is -2.25. The third kappa shape index (κ3) is 4.29. The second-order valence-electron chi connectivity index (χ2n) is 8.12. The summed E-state index contributed by atoms with van der Waals surface area (Å²) in [4.78, 5) is 10.8. The fourth-order valence-electron chi connectivity index (χ4n) is 4.22. The molecule has 5 rings (SSSR count). The molecular formula is C27H24NO3+. The molecule has 2 heterocycles. The van der Waals surface area contributed by atoms with Crippen LogP contribution in [0.15, 0.2) is 77.2 Å². The molecular weight excluding hydrogens is 386 g/mol. The minimum atomic E-state index is -0.758. The molecule has 4 aromatic rings. The molecule has 0 unspecified atom stereocenters. The Morgan fingerprint density at radius 2 is 1.84 bits per heavy atom. The van der Waals surface area contributed by atoms with Gasteiger partial charge in [-0.15, -0.1) is 0 Å². The zero-order chi connectivity index (χ0) is 21.2. The Kier molecular flexibility index (Phi) is 5.13. The van der Waals surface area contributed by atoms with E-state index < -0.39 is 5.97 Å². The number of aliphatic carboxylic acids is 1. The van der Waals surface area contributed by atoms with E-state index in [0.29, 0.717) is 6.54 Å². The molecule has 4 heteroatoms. The molecule has 1 aromatic heterocycles. The average molecular weight is 410 g/mol. The van der Waals surface area contributed by atoms with Gasteiger partial charge in [0, 0.05) is 22.9 Å². The largest absolute Gasteiger partial charge is 0.481 e. The summed E-state index contributed by atoms with van der Waals surface area (Å²) in [5.41, 5.74) is 6.97. The lowest BCUT2D eigenvalue weighted by Gasteiger charge is -2.13. The van der Waals surface area contributed by atoms with Crippen LogP contribution >= 0.6 is 0 Å². The first-order valence-corrected chi connectivity index (χ1v) is 10.6. The van der Waals surface area contributed by atoms with E-state index in [4.69, 9.17) is 9.52 Å². The Labute approximate surface area is 181 Å². The quantitative estimate of drug-likeness (QED) is 0.447. The standard InChI is InChI=1S/C27H23NO3/c29-27(30)11-13-28-12-10-21-16-22(7-8-23(21)18-28)26-17-24-15-20(6-9-25(24)31-26)14-19-4-2-1-3-5-19/h1-9,15-18H,10-14H2/p+1. The number of hydrogen-bond donors (Lipinski definition) is 1. The Hall–Kier alpha value is -3.66. The van der Waals surface area contributed by atoms with Crippen LogP contribution in [0.25, 0.3) is 22.3 Å². The van der Waals surface area contributed by atoms with Gasteiger partial charge in [0.1, 0.15) is 24.3 Å². The molecule has 0 atom stereocenters. The summed E-state index contributed by atoms with van der Waals surface area (Å²) in [5.74, 6) is 0.120.